The zero-order chi connectivity index (χ0) is 11.4. The predicted molar refractivity (Wildman–Crippen MR) is 65.2 cm³/mol. The van der Waals surface area contributed by atoms with Crippen molar-refractivity contribution in [2.45, 2.75) is 51.5 Å². The molecule has 2 saturated carbocycles. The van der Waals surface area contributed by atoms with Crippen LogP contribution in [-0.2, 0) is 4.79 Å². The Kier molecular flexibility index (Phi) is 4.22. The monoisotopic (exact) mass is 224 g/mol. The van der Waals surface area contributed by atoms with E-state index in [-0.39, 0.29) is 5.91 Å². The summed E-state index contributed by atoms with van der Waals surface area (Å²) in [6.45, 7) is 4.28. The van der Waals surface area contributed by atoms with Gasteiger partial charge in [-0.2, -0.15) is 0 Å². The van der Waals surface area contributed by atoms with E-state index >= 15 is 0 Å². The van der Waals surface area contributed by atoms with E-state index in [1.54, 1.807) is 0 Å². The summed E-state index contributed by atoms with van der Waals surface area (Å²) in [6, 6.07) is 0.502. The van der Waals surface area contributed by atoms with E-state index in [4.69, 9.17) is 0 Å². The summed E-state index contributed by atoms with van der Waals surface area (Å²) in [6.07, 6.45) is 7.13. The van der Waals surface area contributed by atoms with Crippen molar-refractivity contribution in [1.29, 1.82) is 0 Å². The minimum atomic E-state index is 0.217. The van der Waals surface area contributed by atoms with Gasteiger partial charge >= 0.3 is 0 Å². The molecule has 0 aromatic heterocycles. The number of hydrogen-bond acceptors (Lipinski definition) is 2. The molecule has 2 aliphatic rings. The molecule has 0 aromatic carbocycles. The molecule has 0 saturated heterocycles. The number of nitrogens with one attached hydrogen (secondary N) is 2. The van der Waals surface area contributed by atoms with Gasteiger partial charge < -0.3 is 10.6 Å². The maximum Gasteiger partial charge on any atom is 0.221 e. The van der Waals surface area contributed by atoms with Gasteiger partial charge in [0.25, 0.3) is 0 Å². The van der Waals surface area contributed by atoms with Crippen LogP contribution in [0.25, 0.3) is 0 Å². The SMILES string of the molecule is CC1CCCC1CNCCC(=O)NC1CC1. The molecule has 2 unspecified atom stereocenters. The fourth-order valence-corrected chi connectivity index (χ4v) is 2.54. The van der Waals surface area contributed by atoms with E-state index in [0.717, 1.165) is 24.9 Å². The average molecular weight is 224 g/mol. The van der Waals surface area contributed by atoms with Crippen molar-refractivity contribution in [3.8, 4) is 0 Å². The Morgan fingerprint density at radius 3 is 2.69 bits per heavy atom. The van der Waals surface area contributed by atoms with Crippen LogP contribution in [0.15, 0.2) is 0 Å². The van der Waals surface area contributed by atoms with Gasteiger partial charge in [0.05, 0.1) is 0 Å². The molecule has 2 fully saturated rings. The van der Waals surface area contributed by atoms with Crippen LogP contribution in [0.5, 0.6) is 0 Å². The summed E-state index contributed by atoms with van der Waals surface area (Å²) in [7, 11) is 0. The van der Waals surface area contributed by atoms with Gasteiger partial charge in [0, 0.05) is 19.0 Å². The second-order valence-corrected chi connectivity index (χ2v) is 5.46. The van der Waals surface area contributed by atoms with Crippen molar-refractivity contribution in [3.05, 3.63) is 0 Å². The molecular formula is C13H24N2O. The van der Waals surface area contributed by atoms with Crippen LogP contribution >= 0.6 is 0 Å². The molecular weight excluding hydrogens is 200 g/mol. The smallest absolute Gasteiger partial charge is 0.221 e. The van der Waals surface area contributed by atoms with Crippen molar-refractivity contribution in [2.24, 2.45) is 11.8 Å². The summed E-state index contributed by atoms with van der Waals surface area (Å²) in [4.78, 5) is 11.4. The highest BCUT2D eigenvalue weighted by Crippen LogP contribution is 2.30. The molecule has 0 aromatic rings. The summed E-state index contributed by atoms with van der Waals surface area (Å²) in [5.41, 5.74) is 0. The van der Waals surface area contributed by atoms with Gasteiger partial charge in [0.2, 0.25) is 5.91 Å². The lowest BCUT2D eigenvalue weighted by Gasteiger charge is -2.15. The van der Waals surface area contributed by atoms with Gasteiger partial charge in [-0.25, -0.2) is 0 Å². The third kappa shape index (κ3) is 3.78. The lowest BCUT2D eigenvalue weighted by Crippen LogP contribution is -2.31. The third-order valence-electron chi connectivity index (χ3n) is 3.92. The minimum absolute atomic E-state index is 0.217. The number of rotatable bonds is 6. The van der Waals surface area contributed by atoms with Crippen LogP contribution in [0.3, 0.4) is 0 Å². The maximum absolute atomic E-state index is 11.4. The number of carbonyl (C=O) groups is 1. The van der Waals surface area contributed by atoms with Crippen LogP contribution in [0, 0.1) is 11.8 Å². The molecule has 1 amide bonds. The molecule has 0 spiro atoms. The predicted octanol–water partition coefficient (Wildman–Crippen LogP) is 1.68. The Morgan fingerprint density at radius 2 is 2.06 bits per heavy atom. The van der Waals surface area contributed by atoms with Crippen LogP contribution in [0.2, 0.25) is 0 Å². The molecule has 2 aliphatic carbocycles. The van der Waals surface area contributed by atoms with Crippen LogP contribution in [0.4, 0.5) is 0 Å². The van der Waals surface area contributed by atoms with Gasteiger partial charge in [0.15, 0.2) is 0 Å². The largest absolute Gasteiger partial charge is 0.353 e. The molecule has 16 heavy (non-hydrogen) atoms. The molecule has 3 heteroatoms. The Bertz CT molecular complexity index is 238. The Labute approximate surface area is 98.4 Å². The number of amides is 1. The van der Waals surface area contributed by atoms with Crippen molar-refractivity contribution in [1.82, 2.24) is 10.6 Å². The number of hydrogen-bond donors (Lipinski definition) is 2. The van der Waals surface area contributed by atoms with Crippen molar-refractivity contribution in [2.75, 3.05) is 13.1 Å². The lowest BCUT2D eigenvalue weighted by molar-refractivity contribution is -0.121. The zero-order valence-electron chi connectivity index (χ0n) is 10.3. The second-order valence-electron chi connectivity index (χ2n) is 5.46. The molecule has 92 valence electrons. The summed E-state index contributed by atoms with van der Waals surface area (Å²) in [5.74, 6) is 1.92. The first kappa shape index (κ1) is 11.9. The molecule has 0 aliphatic heterocycles. The second kappa shape index (κ2) is 5.67. The highest BCUT2D eigenvalue weighted by atomic mass is 16.1. The fourth-order valence-electron chi connectivity index (χ4n) is 2.54. The van der Waals surface area contributed by atoms with E-state index in [9.17, 15) is 4.79 Å². The number of carbonyl (C=O) groups excluding carboxylic acids is 1. The minimum Gasteiger partial charge on any atom is -0.353 e. The molecule has 0 bridgehead atoms. The highest BCUT2D eigenvalue weighted by Gasteiger charge is 2.24. The Balaban J connectivity index is 1.49. The van der Waals surface area contributed by atoms with Gasteiger partial charge in [-0.05, 0) is 37.6 Å². The van der Waals surface area contributed by atoms with E-state index in [1.165, 1.54) is 32.1 Å². The first-order valence-corrected chi connectivity index (χ1v) is 6.76. The van der Waals surface area contributed by atoms with Crippen LogP contribution in [-0.4, -0.2) is 25.0 Å². The van der Waals surface area contributed by atoms with Gasteiger partial charge in [-0.1, -0.05) is 19.8 Å². The molecule has 3 nitrogen and oxygen atoms in total. The zero-order valence-corrected chi connectivity index (χ0v) is 10.3. The first-order valence-electron chi connectivity index (χ1n) is 6.76. The summed E-state index contributed by atoms with van der Waals surface area (Å²) in [5, 5.41) is 6.43. The molecule has 2 rings (SSSR count). The van der Waals surface area contributed by atoms with Gasteiger partial charge in [0.1, 0.15) is 0 Å². The van der Waals surface area contributed by atoms with Crippen molar-refractivity contribution >= 4 is 5.91 Å². The van der Waals surface area contributed by atoms with Crippen LogP contribution in [0.1, 0.15) is 45.4 Å². The standard InChI is InChI=1S/C13H24N2O/c1-10-3-2-4-11(10)9-14-8-7-13(16)15-12-5-6-12/h10-12,14H,2-9H2,1H3,(H,15,16). The molecule has 2 N–H and O–H groups in total. The van der Waals surface area contributed by atoms with E-state index in [1.807, 2.05) is 0 Å². The fraction of sp³-hybridized carbons (Fsp3) is 0.923. The average Bonchev–Trinajstić information content (AvgIpc) is 2.96. The van der Waals surface area contributed by atoms with E-state index in [2.05, 4.69) is 17.6 Å². The molecule has 2 atom stereocenters. The summed E-state index contributed by atoms with van der Waals surface area (Å²) >= 11 is 0. The van der Waals surface area contributed by atoms with Gasteiger partial charge in [-0.3, -0.25) is 4.79 Å². The first-order chi connectivity index (χ1) is 7.75. The maximum atomic E-state index is 11.4. The van der Waals surface area contributed by atoms with E-state index < -0.39 is 0 Å². The van der Waals surface area contributed by atoms with Crippen LogP contribution < -0.4 is 10.6 Å². The topological polar surface area (TPSA) is 41.1 Å². The lowest BCUT2D eigenvalue weighted by atomic mass is 9.98. The Morgan fingerprint density at radius 1 is 1.25 bits per heavy atom. The van der Waals surface area contributed by atoms with E-state index in [0.29, 0.717) is 12.5 Å². The normalized spacial score (nSPS) is 29.3. The summed E-state index contributed by atoms with van der Waals surface area (Å²) < 4.78 is 0. The quantitative estimate of drug-likeness (QED) is 0.674. The Hall–Kier alpha value is -0.570. The highest BCUT2D eigenvalue weighted by molar-refractivity contribution is 5.76. The van der Waals surface area contributed by atoms with Gasteiger partial charge in [-0.15, -0.1) is 0 Å². The van der Waals surface area contributed by atoms with Crippen molar-refractivity contribution < 1.29 is 4.79 Å². The van der Waals surface area contributed by atoms with Crippen molar-refractivity contribution in [3.63, 3.8) is 0 Å². The molecule has 0 heterocycles. The third-order valence-corrected chi connectivity index (χ3v) is 3.92. The molecule has 0 radical (unpaired) electrons.